The number of ether oxygens (including phenoxy) is 2. The standard InChI is InChI=1S/C18H29NO2/c1-6-13(3)11-18(7-2)12-16(19-4)15-9-8-14(20-5)10-17(15)21-18/h8-10,13,16,19H,6-7,11-12H2,1-5H3. The molecule has 0 saturated carbocycles. The molecule has 3 unspecified atom stereocenters. The summed E-state index contributed by atoms with van der Waals surface area (Å²) in [6, 6.07) is 6.52. The van der Waals surface area contributed by atoms with E-state index in [9.17, 15) is 0 Å². The first-order valence-electron chi connectivity index (χ1n) is 8.11. The summed E-state index contributed by atoms with van der Waals surface area (Å²) in [6.07, 6.45) is 4.37. The van der Waals surface area contributed by atoms with Crippen LogP contribution in [0.15, 0.2) is 18.2 Å². The van der Waals surface area contributed by atoms with Gasteiger partial charge in [0.15, 0.2) is 0 Å². The monoisotopic (exact) mass is 291 g/mol. The number of benzene rings is 1. The van der Waals surface area contributed by atoms with Gasteiger partial charge in [0.25, 0.3) is 0 Å². The van der Waals surface area contributed by atoms with Crippen LogP contribution < -0.4 is 14.8 Å². The first kappa shape index (κ1) is 16.2. The Balaban J connectivity index is 2.35. The van der Waals surface area contributed by atoms with Crippen molar-refractivity contribution in [3.8, 4) is 11.5 Å². The third-order valence-corrected chi connectivity index (χ3v) is 4.91. The van der Waals surface area contributed by atoms with E-state index in [4.69, 9.17) is 9.47 Å². The Hall–Kier alpha value is -1.22. The minimum atomic E-state index is -0.0670. The summed E-state index contributed by atoms with van der Waals surface area (Å²) in [5.74, 6) is 2.51. The van der Waals surface area contributed by atoms with Gasteiger partial charge in [-0.2, -0.15) is 0 Å². The molecule has 1 aromatic rings. The van der Waals surface area contributed by atoms with Crippen molar-refractivity contribution < 1.29 is 9.47 Å². The van der Waals surface area contributed by atoms with Crippen molar-refractivity contribution in [2.75, 3.05) is 14.2 Å². The second-order valence-electron chi connectivity index (χ2n) is 6.31. The molecular weight excluding hydrogens is 262 g/mol. The van der Waals surface area contributed by atoms with Crippen LogP contribution in [0.5, 0.6) is 11.5 Å². The van der Waals surface area contributed by atoms with E-state index >= 15 is 0 Å². The molecular formula is C18H29NO2. The highest BCUT2D eigenvalue weighted by Gasteiger charge is 2.40. The zero-order valence-corrected chi connectivity index (χ0v) is 14.0. The van der Waals surface area contributed by atoms with E-state index in [1.165, 1.54) is 12.0 Å². The highest BCUT2D eigenvalue weighted by Crippen LogP contribution is 2.45. The van der Waals surface area contributed by atoms with E-state index in [1.54, 1.807) is 7.11 Å². The maximum absolute atomic E-state index is 6.50. The molecule has 0 amide bonds. The van der Waals surface area contributed by atoms with Crippen LogP contribution in [0.4, 0.5) is 0 Å². The van der Waals surface area contributed by atoms with Gasteiger partial charge >= 0.3 is 0 Å². The van der Waals surface area contributed by atoms with E-state index < -0.39 is 0 Å². The zero-order valence-electron chi connectivity index (χ0n) is 14.0. The molecule has 1 N–H and O–H groups in total. The maximum Gasteiger partial charge on any atom is 0.128 e. The summed E-state index contributed by atoms with van der Waals surface area (Å²) < 4.78 is 11.8. The fourth-order valence-corrected chi connectivity index (χ4v) is 3.30. The molecule has 0 aliphatic carbocycles. The number of rotatable bonds is 6. The Kier molecular flexibility index (Phi) is 5.15. The fourth-order valence-electron chi connectivity index (χ4n) is 3.30. The minimum Gasteiger partial charge on any atom is -0.497 e. The highest BCUT2D eigenvalue weighted by atomic mass is 16.5. The van der Waals surface area contributed by atoms with Crippen LogP contribution in [0.2, 0.25) is 0 Å². The molecule has 0 saturated heterocycles. The molecule has 3 heteroatoms. The second-order valence-corrected chi connectivity index (χ2v) is 6.31. The summed E-state index contributed by atoms with van der Waals surface area (Å²) in [5, 5.41) is 3.46. The van der Waals surface area contributed by atoms with Gasteiger partial charge in [-0.1, -0.05) is 33.3 Å². The fraction of sp³-hybridized carbons (Fsp3) is 0.667. The Morgan fingerprint density at radius 3 is 2.76 bits per heavy atom. The smallest absolute Gasteiger partial charge is 0.128 e. The third kappa shape index (κ3) is 3.34. The predicted molar refractivity (Wildman–Crippen MR) is 87.1 cm³/mol. The summed E-state index contributed by atoms with van der Waals surface area (Å²) in [5.41, 5.74) is 1.18. The SMILES string of the molecule is CCC(C)CC1(CC)CC(NC)c2ccc(OC)cc2O1. The lowest BCUT2D eigenvalue weighted by Crippen LogP contribution is -2.44. The van der Waals surface area contributed by atoms with Crippen molar-refractivity contribution in [3.63, 3.8) is 0 Å². The van der Waals surface area contributed by atoms with Crippen LogP contribution in [0.3, 0.4) is 0 Å². The average Bonchev–Trinajstić information content (AvgIpc) is 2.53. The molecule has 1 aliphatic rings. The van der Waals surface area contributed by atoms with E-state index in [0.717, 1.165) is 30.8 Å². The molecule has 0 radical (unpaired) electrons. The number of nitrogens with one attached hydrogen (secondary N) is 1. The lowest BCUT2D eigenvalue weighted by Gasteiger charge is -2.43. The van der Waals surface area contributed by atoms with Gasteiger partial charge in [-0.05, 0) is 31.9 Å². The predicted octanol–water partition coefficient (Wildman–Crippen LogP) is 4.32. The first-order chi connectivity index (χ1) is 10.1. The van der Waals surface area contributed by atoms with Crippen LogP contribution in [0, 0.1) is 5.92 Å². The van der Waals surface area contributed by atoms with Gasteiger partial charge in [0.2, 0.25) is 0 Å². The van der Waals surface area contributed by atoms with Gasteiger partial charge in [0.1, 0.15) is 17.1 Å². The lowest BCUT2D eigenvalue weighted by molar-refractivity contribution is 0.00636. The summed E-state index contributed by atoms with van der Waals surface area (Å²) >= 11 is 0. The Morgan fingerprint density at radius 2 is 2.19 bits per heavy atom. The van der Waals surface area contributed by atoms with Crippen LogP contribution in [0.25, 0.3) is 0 Å². The van der Waals surface area contributed by atoms with Gasteiger partial charge < -0.3 is 14.8 Å². The molecule has 3 atom stereocenters. The number of fused-ring (bicyclic) bond motifs is 1. The van der Waals surface area contributed by atoms with Crippen molar-refractivity contribution in [2.45, 2.75) is 58.1 Å². The Labute approximate surface area is 129 Å². The molecule has 3 nitrogen and oxygen atoms in total. The van der Waals surface area contributed by atoms with Crippen molar-refractivity contribution in [1.82, 2.24) is 5.32 Å². The van der Waals surface area contributed by atoms with E-state index in [2.05, 4.69) is 32.2 Å². The van der Waals surface area contributed by atoms with Crippen LogP contribution >= 0.6 is 0 Å². The first-order valence-corrected chi connectivity index (χ1v) is 8.11. The van der Waals surface area contributed by atoms with Crippen molar-refractivity contribution in [2.24, 2.45) is 5.92 Å². The maximum atomic E-state index is 6.50. The van der Waals surface area contributed by atoms with Crippen LogP contribution in [0.1, 0.15) is 58.1 Å². The van der Waals surface area contributed by atoms with Gasteiger partial charge in [0.05, 0.1) is 7.11 Å². The normalized spacial score (nSPS) is 25.9. The highest BCUT2D eigenvalue weighted by molar-refractivity contribution is 5.44. The van der Waals surface area contributed by atoms with Crippen LogP contribution in [-0.4, -0.2) is 19.8 Å². The third-order valence-electron chi connectivity index (χ3n) is 4.91. The number of hydrogen-bond donors (Lipinski definition) is 1. The minimum absolute atomic E-state index is 0.0670. The molecule has 0 bridgehead atoms. The molecule has 1 aromatic carbocycles. The molecule has 1 heterocycles. The van der Waals surface area contributed by atoms with Gasteiger partial charge in [0, 0.05) is 24.1 Å². The molecule has 2 rings (SSSR count). The zero-order chi connectivity index (χ0) is 15.5. The van der Waals surface area contributed by atoms with E-state index in [1.807, 2.05) is 19.2 Å². The van der Waals surface area contributed by atoms with Crippen LogP contribution in [-0.2, 0) is 0 Å². The Morgan fingerprint density at radius 1 is 1.43 bits per heavy atom. The molecule has 21 heavy (non-hydrogen) atoms. The summed E-state index contributed by atoms with van der Waals surface area (Å²) in [4.78, 5) is 0. The molecule has 118 valence electrons. The van der Waals surface area contributed by atoms with E-state index in [-0.39, 0.29) is 5.60 Å². The molecule has 0 fully saturated rings. The van der Waals surface area contributed by atoms with Crippen molar-refractivity contribution in [3.05, 3.63) is 23.8 Å². The summed E-state index contributed by atoms with van der Waals surface area (Å²) in [7, 11) is 3.74. The van der Waals surface area contributed by atoms with Gasteiger partial charge in [-0.25, -0.2) is 0 Å². The largest absolute Gasteiger partial charge is 0.497 e. The quantitative estimate of drug-likeness (QED) is 0.846. The van der Waals surface area contributed by atoms with Crippen molar-refractivity contribution in [1.29, 1.82) is 0 Å². The number of hydrogen-bond acceptors (Lipinski definition) is 3. The molecule has 1 aliphatic heterocycles. The Bertz CT molecular complexity index is 474. The molecule has 0 spiro atoms. The lowest BCUT2D eigenvalue weighted by atomic mass is 9.79. The number of methoxy groups -OCH3 is 1. The topological polar surface area (TPSA) is 30.5 Å². The van der Waals surface area contributed by atoms with Crippen molar-refractivity contribution >= 4 is 0 Å². The summed E-state index contributed by atoms with van der Waals surface area (Å²) in [6.45, 7) is 6.81. The second kappa shape index (κ2) is 6.69. The van der Waals surface area contributed by atoms with Gasteiger partial charge in [-0.3, -0.25) is 0 Å². The average molecular weight is 291 g/mol. The van der Waals surface area contributed by atoms with Gasteiger partial charge in [-0.15, -0.1) is 0 Å². The molecule has 0 aromatic heterocycles. The van der Waals surface area contributed by atoms with E-state index in [0.29, 0.717) is 12.0 Å².